The minimum absolute atomic E-state index is 0.161. The zero-order valence-electron chi connectivity index (χ0n) is 14.6. The minimum Gasteiger partial charge on any atom is -0.465 e. The summed E-state index contributed by atoms with van der Waals surface area (Å²) in [7, 11) is 1.29. The van der Waals surface area contributed by atoms with Crippen molar-refractivity contribution in [3.8, 4) is 0 Å². The largest absolute Gasteiger partial charge is 0.465 e. The third kappa shape index (κ3) is 5.27. The Kier molecular flexibility index (Phi) is 6.45. The van der Waals surface area contributed by atoms with Gasteiger partial charge in [0.1, 0.15) is 11.5 Å². The number of para-hydroxylation sites is 1. The van der Waals surface area contributed by atoms with Crippen molar-refractivity contribution < 1.29 is 14.3 Å². The molecule has 1 amide bonds. The fourth-order valence-corrected chi connectivity index (χ4v) is 2.09. The summed E-state index contributed by atoms with van der Waals surface area (Å²) in [5.41, 5.74) is 0.799. The number of esters is 1. The number of hydrogen-bond donors (Lipinski definition) is 2. The third-order valence-electron chi connectivity index (χ3n) is 3.49. The minimum atomic E-state index is -0.522. The first-order valence-corrected chi connectivity index (χ1v) is 8.06. The van der Waals surface area contributed by atoms with Gasteiger partial charge in [0, 0.05) is 6.54 Å². The topological polar surface area (TPSA) is 93.2 Å². The van der Waals surface area contributed by atoms with Crippen LogP contribution >= 0.6 is 0 Å². The van der Waals surface area contributed by atoms with Crippen LogP contribution in [0.25, 0.3) is 0 Å². The molecule has 0 bridgehead atoms. The van der Waals surface area contributed by atoms with E-state index in [1.54, 1.807) is 24.3 Å². The van der Waals surface area contributed by atoms with E-state index in [1.807, 2.05) is 0 Å². The van der Waals surface area contributed by atoms with Gasteiger partial charge in [-0.15, -0.1) is 0 Å². The van der Waals surface area contributed by atoms with Crippen molar-refractivity contribution in [1.82, 2.24) is 9.97 Å². The molecule has 132 valence electrons. The fourth-order valence-electron chi connectivity index (χ4n) is 2.09. The zero-order chi connectivity index (χ0) is 18.2. The highest BCUT2D eigenvalue weighted by atomic mass is 16.5. The van der Waals surface area contributed by atoms with E-state index in [0.29, 0.717) is 17.4 Å². The molecule has 2 N–H and O–H groups in total. The SMILES string of the molecule is COC(=O)c1ccccc1NC(=O)c1cnc(NCCC(C)C)cn1. The van der Waals surface area contributed by atoms with Crippen molar-refractivity contribution >= 4 is 23.4 Å². The molecule has 1 aromatic carbocycles. The highest BCUT2D eigenvalue weighted by Gasteiger charge is 2.15. The summed E-state index contributed by atoms with van der Waals surface area (Å²) in [5, 5.41) is 5.81. The molecule has 2 rings (SSSR count). The molecule has 7 heteroatoms. The Hall–Kier alpha value is -2.96. The van der Waals surface area contributed by atoms with Crippen LogP contribution in [0.3, 0.4) is 0 Å². The van der Waals surface area contributed by atoms with Crippen molar-refractivity contribution in [2.45, 2.75) is 20.3 Å². The molecule has 0 aliphatic heterocycles. The molecule has 0 spiro atoms. The first-order valence-electron chi connectivity index (χ1n) is 8.06. The van der Waals surface area contributed by atoms with E-state index < -0.39 is 11.9 Å². The lowest BCUT2D eigenvalue weighted by molar-refractivity contribution is 0.0602. The standard InChI is InChI=1S/C18H22N4O3/c1-12(2)8-9-19-16-11-20-15(10-21-16)17(23)22-14-7-5-4-6-13(14)18(24)25-3/h4-7,10-12H,8-9H2,1-3H3,(H,19,21)(H,22,23). The highest BCUT2D eigenvalue weighted by Crippen LogP contribution is 2.17. The fraction of sp³-hybridized carbons (Fsp3) is 0.333. The van der Waals surface area contributed by atoms with Crippen LogP contribution in [0.15, 0.2) is 36.7 Å². The molecule has 7 nitrogen and oxygen atoms in total. The number of amides is 1. The van der Waals surface area contributed by atoms with Gasteiger partial charge in [0.2, 0.25) is 0 Å². The molecular formula is C18H22N4O3. The average molecular weight is 342 g/mol. The molecule has 0 saturated heterocycles. The van der Waals surface area contributed by atoms with Crippen LogP contribution in [-0.2, 0) is 4.74 Å². The quantitative estimate of drug-likeness (QED) is 0.752. The first-order chi connectivity index (χ1) is 12.0. The van der Waals surface area contributed by atoms with Crippen molar-refractivity contribution in [2.75, 3.05) is 24.3 Å². The van der Waals surface area contributed by atoms with Crippen LogP contribution in [0.4, 0.5) is 11.5 Å². The van der Waals surface area contributed by atoms with Crippen LogP contribution in [0.1, 0.15) is 41.1 Å². The van der Waals surface area contributed by atoms with E-state index in [2.05, 4.69) is 34.4 Å². The lowest BCUT2D eigenvalue weighted by Crippen LogP contribution is -2.17. The predicted molar refractivity (Wildman–Crippen MR) is 95.7 cm³/mol. The number of aromatic nitrogens is 2. The van der Waals surface area contributed by atoms with Gasteiger partial charge in [-0.3, -0.25) is 4.79 Å². The number of benzene rings is 1. The Bertz CT molecular complexity index is 729. The summed E-state index contributed by atoms with van der Waals surface area (Å²) < 4.78 is 4.71. The van der Waals surface area contributed by atoms with E-state index in [9.17, 15) is 9.59 Å². The van der Waals surface area contributed by atoms with Gasteiger partial charge in [-0.25, -0.2) is 14.8 Å². The molecule has 0 unspecified atom stereocenters. The lowest BCUT2D eigenvalue weighted by atomic mass is 10.1. The van der Waals surface area contributed by atoms with Gasteiger partial charge < -0.3 is 15.4 Å². The molecular weight excluding hydrogens is 320 g/mol. The number of methoxy groups -OCH3 is 1. The maximum absolute atomic E-state index is 12.3. The molecule has 0 aliphatic rings. The third-order valence-corrected chi connectivity index (χ3v) is 3.49. The van der Waals surface area contributed by atoms with Crippen LogP contribution in [0, 0.1) is 5.92 Å². The van der Waals surface area contributed by atoms with Crippen LogP contribution in [0.5, 0.6) is 0 Å². The Balaban J connectivity index is 2.03. The Morgan fingerprint density at radius 1 is 1.16 bits per heavy atom. The monoisotopic (exact) mass is 342 g/mol. The van der Waals surface area contributed by atoms with E-state index in [0.717, 1.165) is 13.0 Å². The van der Waals surface area contributed by atoms with Crippen LogP contribution in [0.2, 0.25) is 0 Å². The maximum atomic E-state index is 12.3. The summed E-state index contributed by atoms with van der Waals surface area (Å²) >= 11 is 0. The Morgan fingerprint density at radius 2 is 1.92 bits per heavy atom. The number of nitrogens with one attached hydrogen (secondary N) is 2. The smallest absolute Gasteiger partial charge is 0.339 e. The number of ether oxygens (including phenoxy) is 1. The summed E-state index contributed by atoms with van der Waals surface area (Å²) in [6.45, 7) is 5.09. The van der Waals surface area contributed by atoms with Gasteiger partial charge in [0.15, 0.2) is 0 Å². The van der Waals surface area contributed by atoms with Crippen molar-refractivity contribution in [2.24, 2.45) is 5.92 Å². The number of rotatable bonds is 7. The molecule has 0 saturated carbocycles. The number of anilines is 2. The summed E-state index contributed by atoms with van der Waals surface area (Å²) in [4.78, 5) is 32.3. The van der Waals surface area contributed by atoms with E-state index >= 15 is 0 Å². The highest BCUT2D eigenvalue weighted by molar-refractivity contribution is 6.06. The van der Waals surface area contributed by atoms with Crippen molar-refractivity contribution in [3.63, 3.8) is 0 Å². The maximum Gasteiger partial charge on any atom is 0.339 e. The molecule has 0 fully saturated rings. The molecule has 0 radical (unpaired) electrons. The molecule has 0 atom stereocenters. The number of hydrogen-bond acceptors (Lipinski definition) is 6. The number of carbonyl (C=O) groups is 2. The first kappa shape index (κ1) is 18.4. The molecule has 0 aliphatic carbocycles. The Labute approximate surface area is 146 Å². The summed E-state index contributed by atoms with van der Waals surface area (Å²) in [5.74, 6) is 0.247. The van der Waals surface area contributed by atoms with Gasteiger partial charge in [-0.1, -0.05) is 26.0 Å². The second kappa shape index (κ2) is 8.77. The molecule has 1 aromatic heterocycles. The average Bonchev–Trinajstić information content (AvgIpc) is 2.61. The normalized spacial score (nSPS) is 10.4. The van der Waals surface area contributed by atoms with E-state index in [4.69, 9.17) is 4.74 Å². The van der Waals surface area contributed by atoms with E-state index in [1.165, 1.54) is 19.5 Å². The Morgan fingerprint density at radius 3 is 2.56 bits per heavy atom. The van der Waals surface area contributed by atoms with Gasteiger partial charge >= 0.3 is 5.97 Å². The zero-order valence-corrected chi connectivity index (χ0v) is 14.6. The lowest BCUT2D eigenvalue weighted by Gasteiger charge is -2.10. The second-order valence-electron chi connectivity index (χ2n) is 5.89. The number of carbonyl (C=O) groups excluding carboxylic acids is 2. The van der Waals surface area contributed by atoms with Gasteiger partial charge in [0.05, 0.1) is 30.8 Å². The van der Waals surface area contributed by atoms with Crippen molar-refractivity contribution in [3.05, 3.63) is 47.9 Å². The predicted octanol–water partition coefficient (Wildman–Crippen LogP) is 2.97. The summed E-state index contributed by atoms with van der Waals surface area (Å²) in [6.07, 6.45) is 3.93. The van der Waals surface area contributed by atoms with Gasteiger partial charge in [-0.2, -0.15) is 0 Å². The second-order valence-corrected chi connectivity index (χ2v) is 5.89. The van der Waals surface area contributed by atoms with Gasteiger partial charge in [0.25, 0.3) is 5.91 Å². The van der Waals surface area contributed by atoms with Crippen LogP contribution in [-0.4, -0.2) is 35.5 Å². The number of nitrogens with zero attached hydrogens (tertiary/aromatic N) is 2. The molecule has 1 heterocycles. The van der Waals surface area contributed by atoms with Crippen LogP contribution < -0.4 is 10.6 Å². The molecule has 25 heavy (non-hydrogen) atoms. The molecule has 2 aromatic rings. The van der Waals surface area contributed by atoms with Crippen molar-refractivity contribution in [1.29, 1.82) is 0 Å². The summed E-state index contributed by atoms with van der Waals surface area (Å²) in [6, 6.07) is 6.61. The van der Waals surface area contributed by atoms with E-state index in [-0.39, 0.29) is 11.3 Å². The van der Waals surface area contributed by atoms with Gasteiger partial charge in [-0.05, 0) is 24.5 Å².